The second-order valence-corrected chi connectivity index (χ2v) is 10.7. The molecule has 6 nitrogen and oxygen atoms in total. The number of hydrogen-bond acceptors (Lipinski definition) is 5. The molecular weight excluding hydrogens is 438 g/mol. The van der Waals surface area contributed by atoms with Gasteiger partial charge in [-0.2, -0.15) is 0 Å². The maximum Gasteiger partial charge on any atom is 0.251 e. The summed E-state index contributed by atoms with van der Waals surface area (Å²) in [6.07, 6.45) is 13.3. The fourth-order valence-electron chi connectivity index (χ4n) is 6.43. The maximum atomic E-state index is 12.7. The molecule has 0 spiro atoms. The predicted molar refractivity (Wildman–Crippen MR) is 137 cm³/mol. The molecule has 3 aliphatic heterocycles. The number of piperidine rings is 3. The van der Waals surface area contributed by atoms with Gasteiger partial charge in [0.05, 0.1) is 7.11 Å². The molecular formula is C29H39N3O3. The number of fused-ring (bicyclic) bond motifs is 6. The van der Waals surface area contributed by atoms with E-state index in [9.17, 15) is 4.79 Å². The van der Waals surface area contributed by atoms with E-state index in [1.54, 1.807) is 88.2 Å². The number of rotatable bonds is 5. The molecule has 3 saturated heterocycles. The van der Waals surface area contributed by atoms with Gasteiger partial charge < -0.3 is 14.8 Å². The van der Waals surface area contributed by atoms with E-state index in [1.165, 1.54) is 12.8 Å². The van der Waals surface area contributed by atoms with Crippen LogP contribution in [0.15, 0.2) is 42.6 Å². The van der Waals surface area contributed by atoms with Crippen molar-refractivity contribution in [3.63, 3.8) is 0 Å². The zero-order valence-electron chi connectivity index (χ0n) is 21.1. The minimum atomic E-state index is -0.0216. The number of pyridine rings is 1. The molecule has 6 aliphatic rings. The molecule has 4 heterocycles. The van der Waals surface area contributed by atoms with Crippen LogP contribution in [0.5, 0.6) is 17.4 Å². The first-order valence-electron chi connectivity index (χ1n) is 13.4. The summed E-state index contributed by atoms with van der Waals surface area (Å²) < 4.78 is 10.9. The van der Waals surface area contributed by atoms with Crippen molar-refractivity contribution < 1.29 is 14.3 Å². The van der Waals surface area contributed by atoms with Crippen molar-refractivity contribution in [2.75, 3.05) is 20.2 Å². The Kier molecular flexibility index (Phi) is 7.57. The van der Waals surface area contributed by atoms with Crippen LogP contribution in [0, 0.1) is 17.8 Å². The number of methoxy groups -OCH3 is 1. The van der Waals surface area contributed by atoms with Crippen LogP contribution in [0.3, 0.4) is 0 Å². The summed E-state index contributed by atoms with van der Waals surface area (Å²) in [4.78, 5) is 19.3. The van der Waals surface area contributed by atoms with E-state index < -0.39 is 0 Å². The minimum Gasteiger partial charge on any atom is -0.497 e. The van der Waals surface area contributed by atoms with E-state index in [0.717, 1.165) is 24.9 Å². The van der Waals surface area contributed by atoms with Crippen LogP contribution in [-0.2, 0) is 0 Å². The quantitative estimate of drug-likeness (QED) is 0.600. The van der Waals surface area contributed by atoms with Gasteiger partial charge >= 0.3 is 0 Å². The highest BCUT2D eigenvalue weighted by molar-refractivity contribution is 5.94. The van der Waals surface area contributed by atoms with Crippen molar-refractivity contribution in [3.8, 4) is 17.4 Å². The van der Waals surface area contributed by atoms with Gasteiger partial charge in [0.25, 0.3) is 5.91 Å². The molecule has 2 aromatic rings. The first-order chi connectivity index (χ1) is 17.1. The molecule has 1 aromatic heterocycles. The first kappa shape index (κ1) is 24.1. The first-order valence-corrected chi connectivity index (χ1v) is 13.4. The lowest BCUT2D eigenvalue weighted by Crippen LogP contribution is -2.62. The van der Waals surface area contributed by atoms with Gasteiger partial charge in [-0.3, -0.25) is 9.69 Å². The van der Waals surface area contributed by atoms with E-state index in [2.05, 4.69) is 22.1 Å². The van der Waals surface area contributed by atoms with E-state index in [4.69, 9.17) is 9.47 Å². The third-order valence-electron chi connectivity index (χ3n) is 8.71. The van der Waals surface area contributed by atoms with Crippen molar-refractivity contribution in [2.24, 2.45) is 17.8 Å². The van der Waals surface area contributed by atoms with Crippen LogP contribution in [0.2, 0.25) is 0 Å². The Morgan fingerprint density at radius 2 is 1.54 bits per heavy atom. The monoisotopic (exact) mass is 477 g/mol. The second kappa shape index (κ2) is 11.0. The normalized spacial score (nSPS) is 30.7. The summed E-state index contributed by atoms with van der Waals surface area (Å²) in [6, 6.07) is 11.3. The van der Waals surface area contributed by atoms with E-state index >= 15 is 0 Å². The van der Waals surface area contributed by atoms with Crippen LogP contribution < -0.4 is 14.8 Å². The van der Waals surface area contributed by atoms with Gasteiger partial charge in [0.2, 0.25) is 5.88 Å². The molecule has 4 bridgehead atoms. The molecule has 0 radical (unpaired) electrons. The number of ether oxygens (including phenoxy) is 2. The van der Waals surface area contributed by atoms with Crippen molar-refractivity contribution in [1.82, 2.24) is 15.2 Å². The fraction of sp³-hybridized carbons (Fsp3) is 0.586. The van der Waals surface area contributed by atoms with Crippen LogP contribution in [0.4, 0.5) is 0 Å². The van der Waals surface area contributed by atoms with Gasteiger partial charge in [-0.05, 0) is 80.9 Å². The topological polar surface area (TPSA) is 63.7 Å². The van der Waals surface area contributed by atoms with Gasteiger partial charge in [0, 0.05) is 29.9 Å². The average Bonchev–Trinajstić information content (AvgIpc) is 2.93. The maximum absolute atomic E-state index is 12.7. The standard InChI is InChI=1S/C21H25N3O3.C8H14/c1-14-20(15-8-11-24(14)12-9-15)23-21(25)16-3-5-17(6-4-16)27-19-13-18(26-2)7-10-22-19;1-2-8-5-3-7(1)4-6-8/h3-7,10,13-15,20H,8-9,11-12H2,1-2H3,(H,23,25);7-8H,1-6H2/t14-,20-;/m0./s1. The van der Waals surface area contributed by atoms with Crippen molar-refractivity contribution in [1.29, 1.82) is 0 Å². The molecule has 1 amide bonds. The molecule has 1 aromatic carbocycles. The Morgan fingerprint density at radius 1 is 0.914 bits per heavy atom. The molecule has 35 heavy (non-hydrogen) atoms. The zero-order chi connectivity index (χ0) is 24.2. The number of carbonyl (C=O) groups excluding carboxylic acids is 1. The summed E-state index contributed by atoms with van der Waals surface area (Å²) in [5, 5.41) is 3.25. The van der Waals surface area contributed by atoms with Gasteiger partial charge in [-0.25, -0.2) is 4.98 Å². The number of aromatic nitrogens is 1. The van der Waals surface area contributed by atoms with Gasteiger partial charge in [-0.1, -0.05) is 38.5 Å². The smallest absolute Gasteiger partial charge is 0.251 e. The lowest BCUT2D eigenvalue weighted by atomic mass is 9.71. The Morgan fingerprint density at radius 3 is 2.09 bits per heavy atom. The van der Waals surface area contributed by atoms with E-state index in [0.29, 0.717) is 34.9 Å². The molecule has 0 unspecified atom stereocenters. The Hall–Kier alpha value is -2.60. The summed E-state index contributed by atoms with van der Waals surface area (Å²) in [7, 11) is 1.60. The number of benzene rings is 1. The minimum absolute atomic E-state index is 0.0216. The summed E-state index contributed by atoms with van der Waals surface area (Å²) in [5.74, 6) is 4.64. The summed E-state index contributed by atoms with van der Waals surface area (Å²) >= 11 is 0. The molecule has 6 fully saturated rings. The van der Waals surface area contributed by atoms with E-state index in [1.807, 2.05) is 0 Å². The highest BCUT2D eigenvalue weighted by Gasteiger charge is 2.40. The highest BCUT2D eigenvalue weighted by atomic mass is 16.5. The van der Waals surface area contributed by atoms with Gasteiger partial charge in [0.15, 0.2) is 0 Å². The highest BCUT2D eigenvalue weighted by Crippen LogP contribution is 2.40. The van der Waals surface area contributed by atoms with Crippen LogP contribution in [0.25, 0.3) is 0 Å². The molecule has 3 saturated carbocycles. The van der Waals surface area contributed by atoms with Crippen LogP contribution >= 0.6 is 0 Å². The van der Waals surface area contributed by atoms with Crippen molar-refractivity contribution in [2.45, 2.75) is 70.4 Å². The molecule has 3 aliphatic carbocycles. The molecule has 6 heteroatoms. The number of nitrogens with one attached hydrogen (secondary N) is 1. The third-order valence-corrected chi connectivity index (χ3v) is 8.71. The van der Waals surface area contributed by atoms with E-state index in [-0.39, 0.29) is 11.9 Å². The summed E-state index contributed by atoms with van der Waals surface area (Å²) in [5.41, 5.74) is 0.643. The van der Waals surface area contributed by atoms with Crippen molar-refractivity contribution in [3.05, 3.63) is 48.2 Å². The average molecular weight is 478 g/mol. The second-order valence-electron chi connectivity index (χ2n) is 10.7. The van der Waals surface area contributed by atoms with Crippen LogP contribution in [-0.4, -0.2) is 48.1 Å². The largest absolute Gasteiger partial charge is 0.497 e. The number of amides is 1. The molecule has 1 N–H and O–H groups in total. The third kappa shape index (κ3) is 5.80. The zero-order valence-corrected chi connectivity index (χ0v) is 21.1. The molecule has 2 atom stereocenters. The number of carbonyl (C=O) groups is 1. The number of nitrogens with zero attached hydrogens (tertiary/aromatic N) is 2. The lowest BCUT2D eigenvalue weighted by Gasteiger charge is -2.49. The Balaban J connectivity index is 0.000000265. The van der Waals surface area contributed by atoms with Crippen LogP contribution in [0.1, 0.15) is 68.6 Å². The predicted octanol–water partition coefficient (Wildman–Crippen LogP) is 5.68. The Labute approximate surface area is 209 Å². The lowest BCUT2D eigenvalue weighted by molar-refractivity contribution is 0.0217. The SMILES string of the molecule is C1CC2CCC1CC2.COc1ccnc(Oc2ccc(C(=O)N[C@@H]3C4CCN(CC4)[C@H]3C)cc2)c1. The van der Waals surface area contributed by atoms with Crippen molar-refractivity contribution >= 4 is 5.91 Å². The fourth-order valence-corrected chi connectivity index (χ4v) is 6.43. The Bertz CT molecular complexity index is 954. The summed E-state index contributed by atoms with van der Waals surface area (Å²) in [6.45, 7) is 4.53. The van der Waals surface area contributed by atoms with Gasteiger partial charge in [-0.15, -0.1) is 0 Å². The van der Waals surface area contributed by atoms with Gasteiger partial charge in [0.1, 0.15) is 11.5 Å². The number of hydrogen-bond donors (Lipinski definition) is 1. The molecule has 188 valence electrons. The molecule has 8 rings (SSSR count).